The maximum Gasteiger partial charge on any atom is 0.00684 e. The fourth-order valence-electron chi connectivity index (χ4n) is 4.74. The van der Waals surface area contributed by atoms with Crippen LogP contribution in [0.3, 0.4) is 0 Å². The largest absolute Gasteiger partial charge is 0.313 e. The Balaban J connectivity index is 1.51. The maximum atomic E-state index is 3.87. The van der Waals surface area contributed by atoms with Crippen molar-refractivity contribution in [2.75, 3.05) is 6.54 Å². The quantitative estimate of drug-likeness (QED) is 0.818. The van der Waals surface area contributed by atoms with Gasteiger partial charge in [-0.15, -0.1) is 11.3 Å². The Labute approximate surface area is 127 Å². The lowest BCUT2D eigenvalue weighted by atomic mass is 9.70. The fourth-order valence-corrected chi connectivity index (χ4v) is 5.86. The first kappa shape index (κ1) is 13.3. The summed E-state index contributed by atoms with van der Waals surface area (Å²) in [5.74, 6) is 2.05. The lowest BCUT2D eigenvalue weighted by Crippen LogP contribution is -2.41. The molecule has 1 aromatic rings. The molecular weight excluding hydrogens is 262 g/mol. The van der Waals surface area contributed by atoms with E-state index in [1.54, 1.807) is 9.75 Å². The van der Waals surface area contributed by atoms with Crippen LogP contribution in [0.4, 0.5) is 0 Å². The monoisotopic (exact) mass is 289 g/mol. The van der Waals surface area contributed by atoms with E-state index in [2.05, 4.69) is 35.7 Å². The van der Waals surface area contributed by atoms with Gasteiger partial charge in [0.15, 0.2) is 0 Å². The molecule has 1 heterocycles. The highest BCUT2D eigenvalue weighted by Gasteiger charge is 2.50. The second-order valence-corrected chi connectivity index (χ2v) is 8.75. The summed E-state index contributed by atoms with van der Waals surface area (Å²) in [5.41, 5.74) is 0.599. The van der Waals surface area contributed by atoms with Gasteiger partial charge in [-0.05, 0) is 74.3 Å². The van der Waals surface area contributed by atoms with Crippen LogP contribution in [-0.4, -0.2) is 12.6 Å². The van der Waals surface area contributed by atoms with Crippen LogP contribution in [-0.2, 0) is 12.8 Å². The number of aryl methyl sites for hydroxylation is 1. The molecule has 1 aromatic heterocycles. The normalized spacial score (nSPS) is 35.9. The highest BCUT2D eigenvalue weighted by molar-refractivity contribution is 7.11. The molecule has 3 aliphatic rings. The molecule has 3 aliphatic carbocycles. The molecule has 0 aromatic carbocycles. The predicted molar refractivity (Wildman–Crippen MR) is 86.3 cm³/mol. The second-order valence-electron chi connectivity index (χ2n) is 7.50. The number of nitrogens with one attached hydrogen (secondary N) is 1. The van der Waals surface area contributed by atoms with E-state index < -0.39 is 0 Å². The molecule has 4 rings (SSSR count). The smallest absolute Gasteiger partial charge is 0.00684 e. The maximum absolute atomic E-state index is 3.87. The van der Waals surface area contributed by atoms with Crippen LogP contribution in [0.25, 0.3) is 0 Å². The Morgan fingerprint density at radius 3 is 2.65 bits per heavy atom. The van der Waals surface area contributed by atoms with Gasteiger partial charge in [-0.1, -0.05) is 13.3 Å². The first-order chi connectivity index (χ1) is 9.77. The van der Waals surface area contributed by atoms with Crippen molar-refractivity contribution in [3.63, 3.8) is 0 Å². The lowest BCUT2D eigenvalue weighted by molar-refractivity contribution is 0.157. The van der Waals surface area contributed by atoms with Gasteiger partial charge in [-0.3, -0.25) is 0 Å². The molecule has 0 radical (unpaired) electrons. The highest BCUT2D eigenvalue weighted by Crippen LogP contribution is 2.57. The number of thiophene rings is 1. The summed E-state index contributed by atoms with van der Waals surface area (Å²) in [4.78, 5) is 3.21. The molecular formula is C18H27NS. The molecule has 0 saturated heterocycles. The van der Waals surface area contributed by atoms with Crippen LogP contribution in [0.5, 0.6) is 0 Å². The molecule has 0 aliphatic heterocycles. The minimum atomic E-state index is 0.599. The minimum absolute atomic E-state index is 0.599. The Morgan fingerprint density at radius 2 is 2.05 bits per heavy atom. The summed E-state index contributed by atoms with van der Waals surface area (Å²) in [6.45, 7) is 3.57. The Kier molecular flexibility index (Phi) is 3.42. The standard InChI is InChI=1S/C18H27NS/c1-2-16-7-8-17(20-16)11-18(12-19-15-5-6-15)10-13-3-4-14(18)9-13/h7-8,13-15,19H,2-6,9-12H2,1H3. The van der Waals surface area contributed by atoms with Gasteiger partial charge in [0.05, 0.1) is 0 Å². The van der Waals surface area contributed by atoms with Crippen molar-refractivity contribution in [3.8, 4) is 0 Å². The van der Waals surface area contributed by atoms with Crippen molar-refractivity contribution in [2.45, 2.75) is 64.3 Å². The van der Waals surface area contributed by atoms with E-state index in [0.717, 1.165) is 17.9 Å². The Bertz CT molecular complexity index is 476. The average molecular weight is 289 g/mol. The third kappa shape index (κ3) is 2.46. The van der Waals surface area contributed by atoms with Gasteiger partial charge in [0, 0.05) is 22.3 Å². The van der Waals surface area contributed by atoms with Crippen molar-refractivity contribution in [3.05, 3.63) is 21.9 Å². The van der Waals surface area contributed by atoms with Gasteiger partial charge in [0.2, 0.25) is 0 Å². The van der Waals surface area contributed by atoms with Crippen LogP contribution in [0.1, 0.15) is 55.2 Å². The zero-order valence-corrected chi connectivity index (χ0v) is 13.5. The molecule has 2 heteroatoms. The zero-order valence-electron chi connectivity index (χ0n) is 12.7. The molecule has 0 amide bonds. The third-order valence-electron chi connectivity index (χ3n) is 6.01. The predicted octanol–water partition coefficient (Wildman–Crippen LogP) is 4.41. The molecule has 0 spiro atoms. The molecule has 2 bridgehead atoms. The van der Waals surface area contributed by atoms with E-state index in [-0.39, 0.29) is 0 Å². The molecule has 3 saturated carbocycles. The van der Waals surface area contributed by atoms with Gasteiger partial charge >= 0.3 is 0 Å². The molecule has 20 heavy (non-hydrogen) atoms. The van der Waals surface area contributed by atoms with Gasteiger partial charge in [0.25, 0.3) is 0 Å². The summed E-state index contributed by atoms with van der Waals surface area (Å²) in [7, 11) is 0. The van der Waals surface area contributed by atoms with Crippen LogP contribution >= 0.6 is 11.3 Å². The van der Waals surface area contributed by atoms with Crippen molar-refractivity contribution in [1.29, 1.82) is 0 Å². The molecule has 1 N–H and O–H groups in total. The summed E-state index contributed by atoms with van der Waals surface area (Å²) < 4.78 is 0. The molecule has 3 unspecified atom stereocenters. The van der Waals surface area contributed by atoms with Crippen LogP contribution < -0.4 is 5.32 Å². The van der Waals surface area contributed by atoms with E-state index >= 15 is 0 Å². The summed E-state index contributed by atoms with van der Waals surface area (Å²) >= 11 is 2.07. The number of hydrogen-bond acceptors (Lipinski definition) is 2. The Morgan fingerprint density at radius 1 is 1.20 bits per heavy atom. The molecule has 3 fully saturated rings. The van der Waals surface area contributed by atoms with Gasteiger partial charge < -0.3 is 5.32 Å². The van der Waals surface area contributed by atoms with Crippen LogP contribution in [0.15, 0.2) is 12.1 Å². The van der Waals surface area contributed by atoms with Crippen molar-refractivity contribution >= 4 is 11.3 Å². The van der Waals surface area contributed by atoms with E-state index in [1.165, 1.54) is 57.9 Å². The average Bonchev–Trinajstić information content (AvgIpc) is 2.87. The Hall–Kier alpha value is -0.340. The fraction of sp³-hybridized carbons (Fsp3) is 0.778. The zero-order chi connectivity index (χ0) is 13.6. The van der Waals surface area contributed by atoms with Gasteiger partial charge in [-0.25, -0.2) is 0 Å². The van der Waals surface area contributed by atoms with Crippen molar-refractivity contribution in [1.82, 2.24) is 5.32 Å². The molecule has 110 valence electrons. The van der Waals surface area contributed by atoms with E-state index in [9.17, 15) is 0 Å². The van der Waals surface area contributed by atoms with Crippen molar-refractivity contribution in [2.24, 2.45) is 17.3 Å². The van der Waals surface area contributed by atoms with E-state index in [4.69, 9.17) is 0 Å². The second kappa shape index (κ2) is 5.14. The first-order valence-electron chi connectivity index (χ1n) is 8.58. The SMILES string of the molecule is CCc1ccc(CC2(CNC3CC3)CC3CCC2C3)s1. The molecule has 3 atom stereocenters. The topological polar surface area (TPSA) is 12.0 Å². The summed E-state index contributed by atoms with van der Waals surface area (Å²) in [5, 5.41) is 3.87. The number of hydrogen-bond donors (Lipinski definition) is 1. The van der Waals surface area contributed by atoms with Crippen LogP contribution in [0, 0.1) is 17.3 Å². The number of rotatable bonds is 6. The summed E-state index contributed by atoms with van der Waals surface area (Å²) in [6.07, 6.45) is 11.4. The first-order valence-corrected chi connectivity index (χ1v) is 9.40. The summed E-state index contributed by atoms with van der Waals surface area (Å²) in [6, 6.07) is 5.63. The molecule has 1 nitrogen and oxygen atoms in total. The van der Waals surface area contributed by atoms with Crippen molar-refractivity contribution < 1.29 is 0 Å². The van der Waals surface area contributed by atoms with Gasteiger partial charge in [-0.2, -0.15) is 0 Å². The lowest BCUT2D eigenvalue weighted by Gasteiger charge is -2.38. The highest BCUT2D eigenvalue weighted by atomic mass is 32.1. The third-order valence-corrected chi connectivity index (χ3v) is 7.24. The van der Waals surface area contributed by atoms with E-state index in [0.29, 0.717) is 5.41 Å². The van der Waals surface area contributed by atoms with Gasteiger partial charge in [0.1, 0.15) is 0 Å². The minimum Gasteiger partial charge on any atom is -0.313 e. The van der Waals surface area contributed by atoms with Crippen LogP contribution in [0.2, 0.25) is 0 Å². The number of fused-ring (bicyclic) bond motifs is 2. The van der Waals surface area contributed by atoms with E-state index in [1.807, 2.05) is 0 Å².